The molecule has 0 spiro atoms. The second-order valence-corrected chi connectivity index (χ2v) is 5.64. The average molecular weight is 344 g/mol. The molecule has 0 heterocycles. The number of rotatable bonds is 6. The number of hydrogen-bond acceptors (Lipinski definition) is 3. The molecule has 0 saturated carbocycles. The van der Waals surface area contributed by atoms with Gasteiger partial charge in [0.1, 0.15) is 5.75 Å². The number of phenols is 1. The van der Waals surface area contributed by atoms with Gasteiger partial charge in [0.2, 0.25) is 0 Å². The summed E-state index contributed by atoms with van der Waals surface area (Å²) in [6.07, 6.45) is 0.752. The number of nitrogens with one attached hydrogen (secondary N) is 1. The molecule has 0 aromatic heterocycles. The maximum Gasteiger partial charge on any atom is 0.121 e. The molecule has 0 aliphatic carbocycles. The first-order chi connectivity index (χ1) is 11.3. The van der Waals surface area contributed by atoms with Crippen molar-refractivity contribution in [2.45, 2.75) is 12.5 Å². The molecule has 0 radical (unpaired) electrons. The Morgan fingerprint density at radius 3 is 2.33 bits per heavy atom. The van der Waals surface area contributed by atoms with Crippen LogP contribution in [0.15, 0.2) is 66.7 Å². The summed E-state index contributed by atoms with van der Waals surface area (Å²) in [5, 5.41) is 25.1. The number of benzene rings is 3. The van der Waals surface area contributed by atoms with Crippen LogP contribution in [0.25, 0.3) is 10.8 Å². The van der Waals surface area contributed by atoms with Crippen LogP contribution in [-0.4, -0.2) is 23.4 Å². The highest BCUT2D eigenvalue weighted by Gasteiger charge is 2.18. The van der Waals surface area contributed by atoms with Gasteiger partial charge in [0.25, 0.3) is 0 Å². The Bertz CT molecular complexity index is 777. The van der Waals surface area contributed by atoms with E-state index in [0.29, 0.717) is 6.54 Å². The van der Waals surface area contributed by atoms with Gasteiger partial charge in [-0.25, -0.2) is 0 Å². The monoisotopic (exact) mass is 343 g/mol. The third-order valence-corrected chi connectivity index (χ3v) is 4.08. The number of hydrogen-bond donors (Lipinski definition) is 3. The van der Waals surface area contributed by atoms with E-state index in [0.717, 1.165) is 22.8 Å². The van der Waals surface area contributed by atoms with Crippen molar-refractivity contribution in [3.63, 3.8) is 0 Å². The predicted octanol–water partition coefficient (Wildman–Crippen LogP) is 3.83. The maximum absolute atomic E-state index is 10.5. The number of aromatic hydroxyl groups is 1. The average Bonchev–Trinajstić information content (AvgIpc) is 2.60. The molecule has 0 aliphatic heterocycles. The van der Waals surface area contributed by atoms with Gasteiger partial charge in [0.05, 0.1) is 6.61 Å². The van der Waals surface area contributed by atoms with Gasteiger partial charge in [-0.1, -0.05) is 60.7 Å². The summed E-state index contributed by atoms with van der Waals surface area (Å²) in [5.41, 5.74) is 2.08. The van der Waals surface area contributed by atoms with Gasteiger partial charge >= 0.3 is 0 Å². The molecular weight excluding hydrogens is 322 g/mol. The van der Waals surface area contributed by atoms with Crippen LogP contribution in [0.5, 0.6) is 5.75 Å². The van der Waals surface area contributed by atoms with Gasteiger partial charge in [-0.15, -0.1) is 12.4 Å². The molecule has 1 unspecified atom stereocenters. The van der Waals surface area contributed by atoms with E-state index in [-0.39, 0.29) is 30.8 Å². The quantitative estimate of drug-likeness (QED) is 0.637. The van der Waals surface area contributed by atoms with Crippen molar-refractivity contribution in [1.82, 2.24) is 5.32 Å². The largest absolute Gasteiger partial charge is 0.508 e. The minimum atomic E-state index is -0.0596. The highest BCUT2D eigenvalue weighted by atomic mass is 35.5. The third kappa shape index (κ3) is 4.06. The predicted molar refractivity (Wildman–Crippen MR) is 101 cm³/mol. The topological polar surface area (TPSA) is 52.5 Å². The molecule has 1 atom stereocenters. The molecule has 126 valence electrons. The van der Waals surface area contributed by atoms with Crippen molar-refractivity contribution in [3.05, 3.63) is 77.9 Å². The molecule has 0 aliphatic rings. The first-order valence-corrected chi connectivity index (χ1v) is 7.88. The smallest absolute Gasteiger partial charge is 0.121 e. The van der Waals surface area contributed by atoms with Crippen molar-refractivity contribution in [1.29, 1.82) is 0 Å². The summed E-state index contributed by atoms with van der Waals surface area (Å²) in [4.78, 5) is 0. The number of aliphatic hydroxyl groups is 1. The Kier molecular flexibility index (Phi) is 6.62. The molecule has 3 aromatic rings. The number of fused-ring (bicyclic) bond motifs is 1. The van der Waals surface area contributed by atoms with Crippen LogP contribution in [0.2, 0.25) is 0 Å². The number of halogens is 1. The van der Waals surface area contributed by atoms with Gasteiger partial charge in [-0.05, 0) is 28.8 Å². The van der Waals surface area contributed by atoms with Gasteiger partial charge in [-0.2, -0.15) is 0 Å². The van der Waals surface area contributed by atoms with Crippen molar-refractivity contribution in [2.24, 2.45) is 0 Å². The van der Waals surface area contributed by atoms with Gasteiger partial charge in [0.15, 0.2) is 0 Å². The Balaban J connectivity index is 0.00000208. The van der Waals surface area contributed by atoms with Crippen LogP contribution < -0.4 is 5.32 Å². The van der Waals surface area contributed by atoms with Crippen molar-refractivity contribution < 1.29 is 10.2 Å². The standard InChI is InChI=1S/C20H21NO2.ClH/c22-13-12-21-18(14-15-6-2-1-3-7-15)20-17-9-5-4-8-16(17)10-11-19(20)23;/h1-11,18,21-23H,12-14H2;1H. The Morgan fingerprint density at radius 1 is 0.875 bits per heavy atom. The lowest BCUT2D eigenvalue weighted by Gasteiger charge is -2.22. The van der Waals surface area contributed by atoms with Gasteiger partial charge in [0, 0.05) is 18.2 Å². The fourth-order valence-electron chi connectivity index (χ4n) is 3.02. The second kappa shape index (κ2) is 8.69. The lowest BCUT2D eigenvalue weighted by Crippen LogP contribution is -2.26. The Morgan fingerprint density at radius 2 is 1.58 bits per heavy atom. The van der Waals surface area contributed by atoms with Crippen molar-refractivity contribution in [2.75, 3.05) is 13.2 Å². The highest BCUT2D eigenvalue weighted by molar-refractivity contribution is 5.88. The van der Waals surface area contributed by atoms with E-state index < -0.39 is 0 Å². The van der Waals surface area contributed by atoms with Crippen molar-refractivity contribution >= 4 is 23.2 Å². The first kappa shape index (κ1) is 18.3. The SMILES string of the molecule is Cl.OCCNC(Cc1ccccc1)c1c(O)ccc2ccccc12. The van der Waals surface area contributed by atoms with Crippen LogP contribution >= 0.6 is 12.4 Å². The van der Waals surface area contributed by atoms with E-state index in [1.165, 1.54) is 5.56 Å². The molecule has 3 N–H and O–H groups in total. The molecule has 24 heavy (non-hydrogen) atoms. The minimum Gasteiger partial charge on any atom is -0.508 e. The molecule has 4 heteroatoms. The van der Waals surface area contributed by atoms with Crippen LogP contribution in [-0.2, 0) is 6.42 Å². The Hall–Kier alpha value is -2.07. The molecule has 0 amide bonds. The third-order valence-electron chi connectivity index (χ3n) is 4.08. The molecule has 3 aromatic carbocycles. The van der Waals surface area contributed by atoms with E-state index in [4.69, 9.17) is 0 Å². The van der Waals surface area contributed by atoms with Crippen LogP contribution in [0, 0.1) is 0 Å². The molecule has 0 saturated heterocycles. The summed E-state index contributed by atoms with van der Waals surface area (Å²) in [5.74, 6) is 0.287. The fraction of sp³-hybridized carbons (Fsp3) is 0.200. The van der Waals surface area contributed by atoms with Gasteiger partial charge in [-0.3, -0.25) is 0 Å². The van der Waals surface area contributed by atoms with Gasteiger partial charge < -0.3 is 15.5 Å². The zero-order valence-electron chi connectivity index (χ0n) is 13.4. The molecule has 0 bridgehead atoms. The van der Waals surface area contributed by atoms with E-state index in [1.54, 1.807) is 6.07 Å². The fourth-order valence-corrected chi connectivity index (χ4v) is 3.02. The number of aliphatic hydroxyl groups excluding tert-OH is 1. The zero-order chi connectivity index (χ0) is 16.1. The minimum absolute atomic E-state index is 0. The Labute approximate surface area is 148 Å². The van der Waals surface area contributed by atoms with Crippen LogP contribution in [0.4, 0.5) is 0 Å². The first-order valence-electron chi connectivity index (χ1n) is 7.88. The summed E-state index contributed by atoms with van der Waals surface area (Å²) >= 11 is 0. The van der Waals surface area contributed by atoms with Crippen LogP contribution in [0.3, 0.4) is 0 Å². The summed E-state index contributed by atoms with van der Waals surface area (Å²) in [6.45, 7) is 0.553. The summed E-state index contributed by atoms with van der Waals surface area (Å²) in [7, 11) is 0. The maximum atomic E-state index is 10.5. The van der Waals surface area contributed by atoms with E-state index in [1.807, 2.05) is 48.5 Å². The van der Waals surface area contributed by atoms with Crippen LogP contribution in [0.1, 0.15) is 17.2 Å². The van der Waals surface area contributed by atoms with E-state index in [9.17, 15) is 10.2 Å². The van der Waals surface area contributed by atoms with Crippen molar-refractivity contribution in [3.8, 4) is 5.75 Å². The lowest BCUT2D eigenvalue weighted by atomic mass is 9.93. The summed E-state index contributed by atoms with van der Waals surface area (Å²) < 4.78 is 0. The van der Waals surface area contributed by atoms with E-state index in [2.05, 4.69) is 17.4 Å². The molecule has 3 nitrogen and oxygen atoms in total. The lowest BCUT2D eigenvalue weighted by molar-refractivity contribution is 0.283. The van der Waals surface area contributed by atoms with E-state index >= 15 is 0 Å². The molecular formula is C20H22ClNO2. The summed E-state index contributed by atoms with van der Waals surface area (Å²) in [6, 6.07) is 21.9. The molecule has 0 fully saturated rings. The molecule has 3 rings (SSSR count). The highest BCUT2D eigenvalue weighted by Crippen LogP contribution is 2.34. The zero-order valence-corrected chi connectivity index (χ0v) is 14.2. The number of phenolic OH excluding ortho intramolecular Hbond substituents is 1. The normalized spacial score (nSPS) is 11.9. The second-order valence-electron chi connectivity index (χ2n) is 5.64.